The summed E-state index contributed by atoms with van der Waals surface area (Å²) in [4.78, 5) is 0. The van der Waals surface area contributed by atoms with E-state index in [1.54, 1.807) is 0 Å². The fraction of sp³-hybridized carbons (Fsp3) is 0.538. The van der Waals surface area contributed by atoms with Gasteiger partial charge in [-0.25, -0.2) is 0 Å². The number of aryl methyl sites for hydroxylation is 2. The first-order valence-corrected chi connectivity index (χ1v) is 5.36. The molecule has 1 saturated heterocycles. The highest BCUT2D eigenvalue weighted by atomic mass is 16.5. The predicted molar refractivity (Wildman–Crippen MR) is 60.3 cm³/mol. The molecule has 1 aromatic carbocycles. The maximum Gasteiger partial charge on any atom is 0.119 e. The Labute approximate surface area is 91.2 Å². The van der Waals surface area contributed by atoms with Crippen molar-refractivity contribution in [2.45, 2.75) is 20.8 Å². The standard InChI is InChI=1S/C13H18O2/c1-10-4-11(2)6-12(5-10)15-9-13(3)7-14-8-13/h4-6H,7-9H2,1-3H3. The first-order chi connectivity index (χ1) is 7.07. The van der Waals surface area contributed by atoms with Crippen molar-refractivity contribution in [3.8, 4) is 5.75 Å². The van der Waals surface area contributed by atoms with Crippen LogP contribution in [0.25, 0.3) is 0 Å². The molecule has 0 aliphatic carbocycles. The monoisotopic (exact) mass is 206 g/mol. The zero-order valence-corrected chi connectivity index (χ0v) is 9.67. The Hall–Kier alpha value is -1.02. The van der Waals surface area contributed by atoms with Crippen LogP contribution in [0.2, 0.25) is 0 Å². The van der Waals surface area contributed by atoms with Crippen LogP contribution >= 0.6 is 0 Å². The van der Waals surface area contributed by atoms with Crippen LogP contribution in [-0.4, -0.2) is 19.8 Å². The summed E-state index contributed by atoms with van der Waals surface area (Å²) in [6.07, 6.45) is 0. The summed E-state index contributed by atoms with van der Waals surface area (Å²) in [5.41, 5.74) is 2.72. The lowest BCUT2D eigenvalue weighted by atomic mass is 9.90. The second kappa shape index (κ2) is 3.86. The zero-order valence-electron chi connectivity index (χ0n) is 9.67. The Balaban J connectivity index is 1.98. The Kier molecular flexibility index (Phi) is 2.70. The van der Waals surface area contributed by atoms with Gasteiger partial charge >= 0.3 is 0 Å². The smallest absolute Gasteiger partial charge is 0.119 e. The SMILES string of the molecule is Cc1cc(C)cc(OCC2(C)COC2)c1. The van der Waals surface area contributed by atoms with Crippen molar-refractivity contribution in [3.05, 3.63) is 29.3 Å². The van der Waals surface area contributed by atoms with Crippen LogP contribution in [0, 0.1) is 19.3 Å². The molecule has 15 heavy (non-hydrogen) atoms. The van der Waals surface area contributed by atoms with Crippen molar-refractivity contribution in [2.24, 2.45) is 5.41 Å². The van der Waals surface area contributed by atoms with Gasteiger partial charge < -0.3 is 9.47 Å². The maximum atomic E-state index is 5.79. The van der Waals surface area contributed by atoms with Gasteiger partial charge in [-0.15, -0.1) is 0 Å². The molecular weight excluding hydrogens is 188 g/mol. The second-order valence-corrected chi connectivity index (χ2v) is 4.92. The Morgan fingerprint density at radius 2 is 1.80 bits per heavy atom. The van der Waals surface area contributed by atoms with E-state index in [4.69, 9.17) is 9.47 Å². The maximum absolute atomic E-state index is 5.79. The van der Waals surface area contributed by atoms with Crippen molar-refractivity contribution in [3.63, 3.8) is 0 Å². The summed E-state index contributed by atoms with van der Waals surface area (Å²) in [7, 11) is 0. The Morgan fingerprint density at radius 1 is 1.20 bits per heavy atom. The van der Waals surface area contributed by atoms with Crippen molar-refractivity contribution in [1.29, 1.82) is 0 Å². The van der Waals surface area contributed by atoms with E-state index in [0.29, 0.717) is 0 Å². The Bertz CT molecular complexity index is 333. The molecule has 2 nitrogen and oxygen atoms in total. The summed E-state index contributed by atoms with van der Waals surface area (Å²) in [5, 5.41) is 0. The third-order valence-electron chi connectivity index (χ3n) is 2.68. The molecule has 1 heterocycles. The van der Waals surface area contributed by atoms with Gasteiger partial charge in [0.25, 0.3) is 0 Å². The highest BCUT2D eigenvalue weighted by Gasteiger charge is 2.34. The lowest BCUT2D eigenvalue weighted by molar-refractivity contribution is -0.120. The molecule has 2 rings (SSSR count). The molecule has 82 valence electrons. The fourth-order valence-corrected chi connectivity index (χ4v) is 1.81. The van der Waals surface area contributed by atoms with E-state index in [1.165, 1.54) is 11.1 Å². The van der Waals surface area contributed by atoms with Crippen molar-refractivity contribution in [2.75, 3.05) is 19.8 Å². The van der Waals surface area contributed by atoms with Crippen LogP contribution in [0.5, 0.6) is 5.75 Å². The van der Waals surface area contributed by atoms with Gasteiger partial charge in [0.1, 0.15) is 5.75 Å². The fourth-order valence-electron chi connectivity index (χ4n) is 1.81. The third-order valence-corrected chi connectivity index (χ3v) is 2.68. The second-order valence-electron chi connectivity index (χ2n) is 4.92. The first-order valence-electron chi connectivity index (χ1n) is 5.36. The van der Waals surface area contributed by atoms with Crippen LogP contribution in [0.1, 0.15) is 18.1 Å². The third kappa shape index (κ3) is 2.51. The molecule has 0 saturated carbocycles. The van der Waals surface area contributed by atoms with Crippen LogP contribution < -0.4 is 4.74 Å². The van der Waals surface area contributed by atoms with Crippen LogP contribution in [0.3, 0.4) is 0 Å². The number of rotatable bonds is 3. The number of benzene rings is 1. The molecule has 2 heteroatoms. The molecule has 0 spiro atoms. The number of hydrogen-bond acceptors (Lipinski definition) is 2. The quantitative estimate of drug-likeness (QED) is 0.757. The largest absolute Gasteiger partial charge is 0.493 e. The molecule has 1 aliphatic heterocycles. The minimum atomic E-state index is 0.220. The molecule has 1 aromatic rings. The van der Waals surface area contributed by atoms with Crippen molar-refractivity contribution < 1.29 is 9.47 Å². The van der Waals surface area contributed by atoms with Gasteiger partial charge in [0, 0.05) is 5.41 Å². The molecule has 0 N–H and O–H groups in total. The molecule has 0 atom stereocenters. The van der Waals surface area contributed by atoms with Crippen LogP contribution in [0.15, 0.2) is 18.2 Å². The van der Waals surface area contributed by atoms with Gasteiger partial charge in [-0.3, -0.25) is 0 Å². The summed E-state index contributed by atoms with van der Waals surface area (Å²) >= 11 is 0. The predicted octanol–water partition coefficient (Wildman–Crippen LogP) is 2.72. The highest BCUT2D eigenvalue weighted by Crippen LogP contribution is 2.28. The van der Waals surface area contributed by atoms with Gasteiger partial charge in [0.2, 0.25) is 0 Å². The van der Waals surface area contributed by atoms with E-state index in [9.17, 15) is 0 Å². The minimum absolute atomic E-state index is 0.220. The van der Waals surface area contributed by atoms with Crippen LogP contribution in [-0.2, 0) is 4.74 Å². The van der Waals surface area contributed by atoms with E-state index in [2.05, 4.69) is 39.0 Å². The molecule has 1 aliphatic rings. The van der Waals surface area contributed by atoms with E-state index < -0.39 is 0 Å². The van der Waals surface area contributed by atoms with E-state index in [1.807, 2.05) is 0 Å². The Morgan fingerprint density at radius 3 is 2.27 bits per heavy atom. The van der Waals surface area contributed by atoms with Gasteiger partial charge in [0.15, 0.2) is 0 Å². The van der Waals surface area contributed by atoms with Crippen molar-refractivity contribution in [1.82, 2.24) is 0 Å². The summed E-state index contributed by atoms with van der Waals surface area (Å²) in [5.74, 6) is 0.973. The summed E-state index contributed by atoms with van der Waals surface area (Å²) < 4.78 is 11.0. The first kappa shape index (κ1) is 10.5. The molecule has 1 fully saturated rings. The van der Waals surface area contributed by atoms with E-state index >= 15 is 0 Å². The molecule has 0 amide bonds. The van der Waals surface area contributed by atoms with Gasteiger partial charge in [-0.2, -0.15) is 0 Å². The lowest BCUT2D eigenvalue weighted by Crippen LogP contribution is -2.44. The minimum Gasteiger partial charge on any atom is -0.493 e. The molecule has 0 unspecified atom stereocenters. The molecule has 0 radical (unpaired) electrons. The summed E-state index contributed by atoms with van der Waals surface area (Å²) in [6.45, 7) is 8.76. The van der Waals surface area contributed by atoms with Crippen molar-refractivity contribution >= 4 is 0 Å². The molecule has 0 aromatic heterocycles. The van der Waals surface area contributed by atoms with E-state index in [-0.39, 0.29) is 5.41 Å². The average molecular weight is 206 g/mol. The molecule has 0 bridgehead atoms. The van der Waals surface area contributed by atoms with Gasteiger partial charge in [0.05, 0.1) is 19.8 Å². The highest BCUT2D eigenvalue weighted by molar-refractivity contribution is 5.33. The zero-order chi connectivity index (χ0) is 10.9. The van der Waals surface area contributed by atoms with Gasteiger partial charge in [-0.05, 0) is 37.1 Å². The van der Waals surface area contributed by atoms with Crippen LogP contribution in [0.4, 0.5) is 0 Å². The average Bonchev–Trinajstić information content (AvgIpc) is 2.10. The number of ether oxygens (including phenoxy) is 2. The van der Waals surface area contributed by atoms with E-state index in [0.717, 1.165) is 25.6 Å². The topological polar surface area (TPSA) is 18.5 Å². The van der Waals surface area contributed by atoms with Gasteiger partial charge in [-0.1, -0.05) is 13.0 Å². The summed E-state index contributed by atoms with van der Waals surface area (Å²) in [6, 6.07) is 6.31. The number of hydrogen-bond donors (Lipinski definition) is 0. The molecular formula is C13H18O2. The lowest BCUT2D eigenvalue weighted by Gasteiger charge is -2.37. The normalized spacial score (nSPS) is 18.3.